The number of nitrogens with zero attached hydrogens (tertiary/aromatic N) is 2. The average molecular weight is 377 g/mol. The molecule has 0 bridgehead atoms. The van der Waals surface area contributed by atoms with Crippen LogP contribution in [-0.2, 0) is 11.0 Å². The number of rotatable bonds is 3. The van der Waals surface area contributed by atoms with Crippen LogP contribution < -0.4 is 16.0 Å². The van der Waals surface area contributed by atoms with E-state index in [9.17, 15) is 18.0 Å². The number of aromatic nitrogens is 1. The van der Waals surface area contributed by atoms with Crippen LogP contribution in [0.1, 0.15) is 31.2 Å². The third-order valence-corrected chi connectivity index (χ3v) is 5.11. The van der Waals surface area contributed by atoms with Gasteiger partial charge in [-0.1, -0.05) is 11.6 Å². The van der Waals surface area contributed by atoms with Crippen LogP contribution in [-0.4, -0.2) is 36.1 Å². The van der Waals surface area contributed by atoms with Crippen LogP contribution in [0.3, 0.4) is 0 Å². The van der Waals surface area contributed by atoms with Crippen molar-refractivity contribution in [2.24, 2.45) is 11.7 Å². The molecule has 0 aromatic carbocycles. The molecular formula is C16H20ClF3N4O. The van der Waals surface area contributed by atoms with E-state index in [1.165, 1.54) is 0 Å². The zero-order valence-electron chi connectivity index (χ0n) is 13.5. The number of nitrogens with two attached hydrogens (primary N) is 1. The fourth-order valence-electron chi connectivity index (χ4n) is 3.46. The molecule has 1 saturated carbocycles. The third-order valence-electron chi connectivity index (χ3n) is 4.83. The van der Waals surface area contributed by atoms with Gasteiger partial charge in [-0.3, -0.25) is 4.79 Å². The van der Waals surface area contributed by atoms with Crippen molar-refractivity contribution in [2.45, 2.75) is 43.9 Å². The monoisotopic (exact) mass is 376 g/mol. The second-order valence-corrected chi connectivity index (χ2v) is 7.14. The molecule has 5 nitrogen and oxygen atoms in total. The van der Waals surface area contributed by atoms with Crippen LogP contribution in [0.5, 0.6) is 0 Å². The highest BCUT2D eigenvalue weighted by Crippen LogP contribution is 2.34. The van der Waals surface area contributed by atoms with E-state index in [0.717, 1.165) is 25.1 Å². The van der Waals surface area contributed by atoms with Gasteiger partial charge in [0.05, 0.1) is 10.6 Å². The molecule has 0 spiro atoms. The van der Waals surface area contributed by atoms with E-state index in [4.69, 9.17) is 17.3 Å². The summed E-state index contributed by atoms with van der Waals surface area (Å²) in [5, 5.41) is 2.97. The number of amides is 1. The smallest absolute Gasteiger partial charge is 0.353 e. The van der Waals surface area contributed by atoms with Gasteiger partial charge in [-0.2, -0.15) is 13.2 Å². The molecular weight excluding hydrogens is 357 g/mol. The Morgan fingerprint density at radius 1 is 1.36 bits per heavy atom. The second-order valence-electron chi connectivity index (χ2n) is 6.74. The molecule has 3 rings (SSSR count). The van der Waals surface area contributed by atoms with E-state index in [1.807, 2.05) is 0 Å². The first-order chi connectivity index (χ1) is 11.7. The van der Waals surface area contributed by atoms with E-state index in [-0.39, 0.29) is 28.9 Å². The van der Waals surface area contributed by atoms with Crippen molar-refractivity contribution in [1.82, 2.24) is 10.3 Å². The quantitative estimate of drug-likeness (QED) is 0.850. The number of hydrogen-bond acceptors (Lipinski definition) is 4. The number of hydrogen-bond donors (Lipinski definition) is 2. The number of carbonyl (C=O) groups excluding carboxylic acids is 1. The van der Waals surface area contributed by atoms with E-state index in [2.05, 4.69) is 10.3 Å². The normalized spacial score (nSPS) is 26.9. The summed E-state index contributed by atoms with van der Waals surface area (Å²) in [6.07, 6.45) is -0.625. The Bertz CT molecular complexity index is 655. The molecule has 9 heteroatoms. The van der Waals surface area contributed by atoms with Gasteiger partial charge in [0.1, 0.15) is 5.82 Å². The molecule has 3 atom stereocenters. The summed E-state index contributed by atoms with van der Waals surface area (Å²) in [6, 6.07) is 0.908. The van der Waals surface area contributed by atoms with Crippen molar-refractivity contribution >= 4 is 23.3 Å². The fraction of sp³-hybridized carbons (Fsp3) is 0.625. The van der Waals surface area contributed by atoms with Crippen molar-refractivity contribution in [3.8, 4) is 0 Å². The fourth-order valence-corrected chi connectivity index (χ4v) is 3.75. The second kappa shape index (κ2) is 6.99. The Kier molecular flexibility index (Phi) is 5.11. The molecule has 2 aliphatic rings. The van der Waals surface area contributed by atoms with Gasteiger partial charge >= 0.3 is 6.18 Å². The van der Waals surface area contributed by atoms with Crippen LogP contribution in [0, 0.1) is 5.92 Å². The lowest BCUT2D eigenvalue weighted by atomic mass is 10.1. The van der Waals surface area contributed by atoms with Crippen molar-refractivity contribution in [3.05, 3.63) is 22.8 Å². The van der Waals surface area contributed by atoms with Crippen LogP contribution in [0.25, 0.3) is 0 Å². The van der Waals surface area contributed by atoms with Crippen molar-refractivity contribution in [2.75, 3.05) is 18.0 Å². The predicted octanol–water partition coefficient (Wildman–Crippen LogP) is 2.58. The number of nitrogens with one attached hydrogen (secondary N) is 1. The number of anilines is 1. The summed E-state index contributed by atoms with van der Waals surface area (Å²) in [5.41, 5.74) is 4.96. The van der Waals surface area contributed by atoms with Crippen LogP contribution >= 0.6 is 11.6 Å². The van der Waals surface area contributed by atoms with E-state index >= 15 is 0 Å². The maximum absolute atomic E-state index is 12.7. The van der Waals surface area contributed by atoms with Crippen LogP contribution in [0.2, 0.25) is 5.02 Å². The predicted molar refractivity (Wildman–Crippen MR) is 88.3 cm³/mol. The molecule has 1 saturated heterocycles. The minimum atomic E-state index is -4.47. The largest absolute Gasteiger partial charge is 0.417 e. The van der Waals surface area contributed by atoms with E-state index in [1.54, 1.807) is 4.90 Å². The third kappa shape index (κ3) is 4.17. The summed E-state index contributed by atoms with van der Waals surface area (Å²) in [6.45, 7) is 1.05. The lowest BCUT2D eigenvalue weighted by Crippen LogP contribution is -2.40. The molecule has 2 fully saturated rings. The molecule has 1 aromatic rings. The van der Waals surface area contributed by atoms with Crippen LogP contribution in [0.4, 0.5) is 19.0 Å². The summed E-state index contributed by atoms with van der Waals surface area (Å²) >= 11 is 5.98. The zero-order chi connectivity index (χ0) is 18.2. The first-order valence-corrected chi connectivity index (χ1v) is 8.65. The maximum atomic E-state index is 12.7. The Morgan fingerprint density at radius 3 is 2.72 bits per heavy atom. The highest BCUT2D eigenvalue weighted by Gasteiger charge is 2.34. The molecule has 1 aromatic heterocycles. The maximum Gasteiger partial charge on any atom is 0.417 e. The molecule has 1 aliphatic carbocycles. The summed E-state index contributed by atoms with van der Waals surface area (Å²) < 4.78 is 38.1. The van der Waals surface area contributed by atoms with Gasteiger partial charge in [-0.15, -0.1) is 0 Å². The number of pyridine rings is 1. The highest BCUT2D eigenvalue weighted by atomic mass is 35.5. The van der Waals surface area contributed by atoms with Crippen LogP contribution in [0.15, 0.2) is 12.3 Å². The Morgan fingerprint density at radius 2 is 2.12 bits per heavy atom. The van der Waals surface area contributed by atoms with Crippen molar-refractivity contribution in [3.63, 3.8) is 0 Å². The summed E-state index contributed by atoms with van der Waals surface area (Å²) in [7, 11) is 0. The minimum Gasteiger partial charge on any atom is -0.353 e. The summed E-state index contributed by atoms with van der Waals surface area (Å²) in [4.78, 5) is 17.9. The van der Waals surface area contributed by atoms with Gasteiger partial charge in [0.2, 0.25) is 5.91 Å². The first kappa shape index (κ1) is 18.3. The topological polar surface area (TPSA) is 71.2 Å². The molecule has 1 amide bonds. The van der Waals surface area contributed by atoms with Crippen molar-refractivity contribution in [1.29, 1.82) is 0 Å². The van der Waals surface area contributed by atoms with Crippen molar-refractivity contribution < 1.29 is 18.0 Å². The molecule has 2 heterocycles. The highest BCUT2D eigenvalue weighted by molar-refractivity contribution is 6.33. The van der Waals surface area contributed by atoms with Gasteiger partial charge in [0.25, 0.3) is 0 Å². The molecule has 1 aliphatic heterocycles. The molecule has 3 unspecified atom stereocenters. The number of halogens is 4. The molecule has 138 valence electrons. The average Bonchev–Trinajstić information content (AvgIpc) is 3.15. The summed E-state index contributed by atoms with van der Waals surface area (Å²) in [5.74, 6) is 0.275. The van der Waals surface area contributed by atoms with Gasteiger partial charge in [0.15, 0.2) is 0 Å². The first-order valence-electron chi connectivity index (χ1n) is 8.27. The van der Waals surface area contributed by atoms with E-state index in [0.29, 0.717) is 31.7 Å². The number of carbonyl (C=O) groups is 1. The van der Waals surface area contributed by atoms with Gasteiger partial charge in [0, 0.05) is 37.3 Å². The van der Waals surface area contributed by atoms with Gasteiger partial charge in [-0.05, 0) is 31.7 Å². The lowest BCUT2D eigenvalue weighted by molar-refractivity contribution is -0.137. The standard InChI is InChI=1S/C16H20ClF3N4O/c17-13-6-10(16(18,19)20)7-22-14(13)24-4-3-12(8-24)23-15(25)9-1-2-11(21)5-9/h6-7,9,11-12H,1-5,8,21H2,(H,23,25). The van der Waals surface area contributed by atoms with Gasteiger partial charge < -0.3 is 16.0 Å². The SMILES string of the molecule is NC1CCC(C(=O)NC2CCN(c3ncc(C(F)(F)F)cc3Cl)C2)C1. The minimum absolute atomic E-state index is 0.00581. The zero-order valence-corrected chi connectivity index (χ0v) is 14.3. The Labute approximate surface area is 148 Å². The Hall–Kier alpha value is -1.54. The molecule has 0 radical (unpaired) electrons. The lowest BCUT2D eigenvalue weighted by Gasteiger charge is -2.20. The van der Waals surface area contributed by atoms with E-state index < -0.39 is 11.7 Å². The molecule has 25 heavy (non-hydrogen) atoms. The molecule has 3 N–H and O–H groups in total. The van der Waals surface area contributed by atoms with Gasteiger partial charge in [-0.25, -0.2) is 4.98 Å². The number of alkyl halides is 3. The Balaban J connectivity index is 1.60.